The van der Waals surface area contributed by atoms with E-state index in [1.54, 1.807) is 29.2 Å². The maximum Gasteiger partial charge on any atom is 0.416 e. The van der Waals surface area contributed by atoms with Crippen LogP contribution in [0.1, 0.15) is 23.1 Å². The summed E-state index contributed by atoms with van der Waals surface area (Å²) in [7, 11) is 0. The van der Waals surface area contributed by atoms with Crippen molar-refractivity contribution < 1.29 is 27.8 Å². The summed E-state index contributed by atoms with van der Waals surface area (Å²) in [6.45, 7) is 1.09. The van der Waals surface area contributed by atoms with E-state index >= 15 is 0 Å². The molecular weight excluding hydrogens is 371 g/mol. The fraction of sp³-hybridized carbons (Fsp3) is 0.381. The number of halogens is 3. The predicted molar refractivity (Wildman–Crippen MR) is 97.7 cm³/mol. The molecule has 1 heterocycles. The number of alkyl halides is 3. The molecule has 150 valence electrons. The van der Waals surface area contributed by atoms with Crippen molar-refractivity contribution in [1.82, 2.24) is 4.90 Å². The number of ether oxygens (including phenoxy) is 1. The topological polar surface area (TPSA) is 49.8 Å². The number of hydrogen-bond donors (Lipinski definition) is 1. The Morgan fingerprint density at radius 3 is 2.32 bits per heavy atom. The lowest BCUT2D eigenvalue weighted by Gasteiger charge is -2.17. The lowest BCUT2D eigenvalue weighted by atomic mass is 9.98. The molecule has 0 bridgehead atoms. The smallest absolute Gasteiger partial charge is 0.416 e. The van der Waals surface area contributed by atoms with Crippen LogP contribution >= 0.6 is 0 Å². The Bertz CT molecular complexity index is 788. The minimum Gasteiger partial charge on any atom is -0.484 e. The summed E-state index contributed by atoms with van der Waals surface area (Å²) in [4.78, 5) is 14.1. The Balaban J connectivity index is 1.47. The van der Waals surface area contributed by atoms with Crippen LogP contribution < -0.4 is 4.74 Å². The minimum absolute atomic E-state index is 0.0483. The van der Waals surface area contributed by atoms with Crippen molar-refractivity contribution in [1.29, 1.82) is 0 Å². The Kier molecular flexibility index (Phi) is 6.24. The van der Waals surface area contributed by atoms with Gasteiger partial charge in [0.1, 0.15) is 5.75 Å². The summed E-state index contributed by atoms with van der Waals surface area (Å²) in [6.07, 6.45) is -2.86. The van der Waals surface area contributed by atoms with Gasteiger partial charge in [-0.3, -0.25) is 4.79 Å². The highest BCUT2D eigenvalue weighted by atomic mass is 19.4. The van der Waals surface area contributed by atoms with Crippen molar-refractivity contribution in [3.05, 3.63) is 65.2 Å². The first-order valence-corrected chi connectivity index (χ1v) is 9.11. The molecule has 28 heavy (non-hydrogen) atoms. The third-order valence-corrected chi connectivity index (χ3v) is 4.91. The van der Waals surface area contributed by atoms with Gasteiger partial charge in [-0.25, -0.2) is 0 Å². The van der Waals surface area contributed by atoms with Gasteiger partial charge in [0, 0.05) is 13.1 Å². The minimum atomic E-state index is -4.33. The van der Waals surface area contributed by atoms with Gasteiger partial charge in [-0.1, -0.05) is 24.3 Å². The molecule has 2 aromatic carbocycles. The van der Waals surface area contributed by atoms with Gasteiger partial charge >= 0.3 is 6.18 Å². The quantitative estimate of drug-likeness (QED) is 0.815. The Labute approximate surface area is 161 Å². The van der Waals surface area contributed by atoms with E-state index < -0.39 is 11.7 Å². The Morgan fingerprint density at radius 2 is 1.71 bits per heavy atom. The summed E-state index contributed by atoms with van der Waals surface area (Å²) in [5.41, 5.74) is 0.959. The number of amides is 1. The number of aliphatic hydroxyl groups excluding tert-OH is 1. The molecule has 0 spiro atoms. The van der Waals surface area contributed by atoms with Crippen LogP contribution in [-0.4, -0.2) is 35.6 Å². The first-order valence-electron chi connectivity index (χ1n) is 9.11. The van der Waals surface area contributed by atoms with Crippen molar-refractivity contribution >= 4 is 5.91 Å². The zero-order valence-electron chi connectivity index (χ0n) is 15.3. The molecule has 1 amide bonds. The Morgan fingerprint density at radius 1 is 1.07 bits per heavy atom. The highest BCUT2D eigenvalue weighted by molar-refractivity contribution is 5.78. The largest absolute Gasteiger partial charge is 0.484 e. The zero-order chi connectivity index (χ0) is 20.1. The van der Waals surface area contributed by atoms with Gasteiger partial charge in [0.05, 0.1) is 12.2 Å². The highest BCUT2D eigenvalue weighted by Crippen LogP contribution is 2.30. The van der Waals surface area contributed by atoms with Crippen LogP contribution in [0.4, 0.5) is 13.2 Å². The number of likely N-dealkylation sites (tertiary alicyclic amines) is 1. The second-order valence-electron chi connectivity index (χ2n) is 6.98. The normalized spacial score (nSPS) is 17.0. The summed E-state index contributed by atoms with van der Waals surface area (Å²) in [5, 5.41) is 9.02. The van der Waals surface area contributed by atoms with E-state index in [1.807, 2.05) is 0 Å². The maximum absolute atomic E-state index is 12.6. The number of nitrogens with zero attached hydrogens (tertiary/aromatic N) is 1. The summed E-state index contributed by atoms with van der Waals surface area (Å²) in [6, 6.07) is 12.1. The third-order valence-electron chi connectivity index (χ3n) is 4.91. The molecule has 0 unspecified atom stereocenters. The van der Waals surface area contributed by atoms with E-state index in [-0.39, 0.29) is 25.0 Å². The number of aliphatic hydroxyl groups is 1. The van der Waals surface area contributed by atoms with Gasteiger partial charge in [-0.15, -0.1) is 0 Å². The van der Waals surface area contributed by atoms with Crippen molar-refractivity contribution in [3.8, 4) is 5.75 Å². The van der Waals surface area contributed by atoms with E-state index in [0.717, 1.165) is 29.7 Å². The van der Waals surface area contributed by atoms with Crippen LogP contribution in [0.15, 0.2) is 48.5 Å². The standard InChI is InChI=1S/C21H22F3NO3/c22-21(23,24)18-5-1-15(2-6-18)11-17-9-10-25(12-17)20(27)14-28-19-7-3-16(13-26)4-8-19/h1-8,17,26H,9-14H2/t17-/m1/s1. The molecule has 0 saturated carbocycles. The fourth-order valence-electron chi connectivity index (χ4n) is 3.32. The average molecular weight is 393 g/mol. The van der Waals surface area contributed by atoms with Gasteiger partial charge < -0.3 is 14.7 Å². The van der Waals surface area contributed by atoms with Crippen LogP contribution in [-0.2, 0) is 24.0 Å². The lowest BCUT2D eigenvalue weighted by Crippen LogP contribution is -2.33. The van der Waals surface area contributed by atoms with Crippen molar-refractivity contribution in [3.63, 3.8) is 0 Å². The molecule has 1 aliphatic heterocycles. The summed E-state index contributed by atoms with van der Waals surface area (Å²) < 4.78 is 43.4. The van der Waals surface area contributed by atoms with Crippen LogP contribution in [0.2, 0.25) is 0 Å². The van der Waals surface area contributed by atoms with Crippen molar-refractivity contribution in [2.45, 2.75) is 25.6 Å². The molecule has 0 radical (unpaired) electrons. The molecule has 3 rings (SSSR count). The highest BCUT2D eigenvalue weighted by Gasteiger charge is 2.30. The van der Waals surface area contributed by atoms with Crippen LogP contribution in [0.25, 0.3) is 0 Å². The van der Waals surface area contributed by atoms with Crippen LogP contribution in [0.5, 0.6) is 5.75 Å². The predicted octanol–water partition coefficient (Wildman–Crippen LogP) is 3.67. The molecule has 1 aliphatic rings. The number of benzene rings is 2. The van der Waals surface area contributed by atoms with E-state index in [0.29, 0.717) is 25.3 Å². The molecule has 7 heteroatoms. The SMILES string of the molecule is O=C(COc1ccc(CO)cc1)N1CC[C@H](Cc2ccc(C(F)(F)F)cc2)C1. The number of carbonyl (C=O) groups excluding carboxylic acids is 1. The Hall–Kier alpha value is -2.54. The fourth-order valence-corrected chi connectivity index (χ4v) is 3.32. The molecular formula is C21H22F3NO3. The zero-order valence-corrected chi connectivity index (χ0v) is 15.3. The van der Waals surface area contributed by atoms with E-state index in [1.165, 1.54) is 12.1 Å². The van der Waals surface area contributed by atoms with Gasteiger partial charge in [0.25, 0.3) is 5.91 Å². The second-order valence-corrected chi connectivity index (χ2v) is 6.98. The molecule has 2 aromatic rings. The third kappa shape index (κ3) is 5.25. The number of carbonyl (C=O) groups is 1. The first kappa shape index (κ1) is 20.2. The summed E-state index contributed by atoms with van der Waals surface area (Å²) >= 11 is 0. The molecule has 1 atom stereocenters. The molecule has 0 aromatic heterocycles. The van der Waals surface area contributed by atoms with Gasteiger partial charge in [0.2, 0.25) is 0 Å². The van der Waals surface area contributed by atoms with Gasteiger partial charge in [-0.2, -0.15) is 13.2 Å². The van der Waals surface area contributed by atoms with E-state index in [4.69, 9.17) is 9.84 Å². The summed E-state index contributed by atoms with van der Waals surface area (Å²) in [5.74, 6) is 0.678. The van der Waals surface area contributed by atoms with Gasteiger partial charge in [0.15, 0.2) is 6.61 Å². The maximum atomic E-state index is 12.6. The molecule has 4 nitrogen and oxygen atoms in total. The molecule has 0 aliphatic carbocycles. The van der Waals surface area contributed by atoms with Gasteiger partial charge in [-0.05, 0) is 54.2 Å². The number of hydrogen-bond acceptors (Lipinski definition) is 3. The van der Waals surface area contributed by atoms with E-state index in [9.17, 15) is 18.0 Å². The van der Waals surface area contributed by atoms with E-state index in [2.05, 4.69) is 0 Å². The second kappa shape index (κ2) is 8.65. The lowest BCUT2D eigenvalue weighted by molar-refractivity contribution is -0.137. The molecule has 1 saturated heterocycles. The first-order chi connectivity index (χ1) is 13.3. The average Bonchev–Trinajstić information content (AvgIpc) is 3.15. The van der Waals surface area contributed by atoms with Crippen LogP contribution in [0, 0.1) is 5.92 Å². The van der Waals surface area contributed by atoms with Crippen molar-refractivity contribution in [2.24, 2.45) is 5.92 Å². The molecule has 1 fully saturated rings. The molecule has 1 N–H and O–H groups in total. The monoisotopic (exact) mass is 393 g/mol. The van der Waals surface area contributed by atoms with Crippen molar-refractivity contribution in [2.75, 3.05) is 19.7 Å². The van der Waals surface area contributed by atoms with Crippen LogP contribution in [0.3, 0.4) is 0 Å². The number of rotatable bonds is 6.